The van der Waals surface area contributed by atoms with Crippen molar-refractivity contribution in [1.29, 1.82) is 0 Å². The largest absolute Gasteiger partial charge is 0.353 e. The van der Waals surface area contributed by atoms with Gasteiger partial charge in [-0.1, -0.05) is 11.9 Å². The van der Waals surface area contributed by atoms with E-state index in [1.54, 1.807) is 31.4 Å². The first-order valence-corrected chi connectivity index (χ1v) is 12.1. The third-order valence-electron chi connectivity index (χ3n) is 5.34. The van der Waals surface area contributed by atoms with Crippen molar-refractivity contribution in [3.05, 3.63) is 60.6 Å². The molecule has 0 saturated heterocycles. The van der Waals surface area contributed by atoms with E-state index in [4.69, 9.17) is 0 Å². The van der Waals surface area contributed by atoms with Gasteiger partial charge in [0.1, 0.15) is 0 Å². The molecule has 0 bridgehead atoms. The van der Waals surface area contributed by atoms with Gasteiger partial charge in [-0.3, -0.25) is 14.9 Å². The van der Waals surface area contributed by atoms with Gasteiger partial charge in [-0.25, -0.2) is 4.98 Å². The van der Waals surface area contributed by atoms with Gasteiger partial charge in [0, 0.05) is 59.5 Å². The normalized spacial score (nSPS) is 12.2. The summed E-state index contributed by atoms with van der Waals surface area (Å²) in [6.45, 7) is 0. The van der Waals surface area contributed by atoms with Gasteiger partial charge in [0.2, 0.25) is 0 Å². The molecule has 0 aliphatic heterocycles. The van der Waals surface area contributed by atoms with E-state index in [2.05, 4.69) is 41.8 Å². The number of aromatic nitrogens is 5. The number of hydrogen-bond donors (Lipinski definition) is 3. The van der Waals surface area contributed by atoms with Crippen LogP contribution in [-0.2, 0) is 0 Å². The lowest BCUT2D eigenvalue weighted by atomic mass is 10.1. The number of anilines is 1. The molecule has 4 aromatic heterocycles. The Labute approximate surface area is 193 Å². The maximum Gasteiger partial charge on any atom is 0.254 e. The molecular formula is C24H23N7OS. The topological polar surface area (TPSA) is 103 Å². The van der Waals surface area contributed by atoms with Crippen LogP contribution >= 0.6 is 10.7 Å². The average molecular weight is 458 g/mol. The van der Waals surface area contributed by atoms with E-state index in [9.17, 15) is 4.79 Å². The summed E-state index contributed by atoms with van der Waals surface area (Å²) in [4.78, 5) is 26.5. The predicted molar refractivity (Wildman–Crippen MR) is 137 cm³/mol. The number of nitrogens with zero attached hydrogens (tertiary/aromatic N) is 4. The summed E-state index contributed by atoms with van der Waals surface area (Å²) in [5.74, 6) is 3.96. The number of rotatable bonds is 5. The molecule has 0 aliphatic rings. The highest BCUT2D eigenvalue weighted by molar-refractivity contribution is 8.14. The number of amides is 1. The van der Waals surface area contributed by atoms with Crippen LogP contribution in [0.15, 0.2) is 55.0 Å². The Morgan fingerprint density at radius 2 is 1.91 bits per heavy atom. The molecule has 0 spiro atoms. The zero-order valence-corrected chi connectivity index (χ0v) is 19.3. The number of pyridine rings is 2. The Balaban J connectivity index is 1.60. The van der Waals surface area contributed by atoms with Gasteiger partial charge in [0.05, 0.1) is 23.3 Å². The Hall–Kier alpha value is -3.98. The van der Waals surface area contributed by atoms with Gasteiger partial charge < -0.3 is 14.6 Å². The molecule has 0 fully saturated rings. The fraction of sp³-hybridized carbons (Fsp3) is 0.125. The maximum atomic E-state index is 12.6. The maximum absolute atomic E-state index is 12.6. The number of hydrogen-bond acceptors (Lipinski definition) is 5. The minimum atomic E-state index is -0.194. The Morgan fingerprint density at radius 1 is 1.09 bits per heavy atom. The second-order valence-electron chi connectivity index (χ2n) is 8.04. The molecule has 3 N–H and O–H groups in total. The van der Waals surface area contributed by atoms with E-state index in [0.717, 1.165) is 44.5 Å². The lowest BCUT2D eigenvalue weighted by molar-refractivity contribution is 0.0829. The molecular weight excluding hydrogens is 434 g/mol. The Morgan fingerprint density at radius 3 is 2.70 bits per heavy atom. The highest BCUT2D eigenvalue weighted by atomic mass is 32.2. The molecule has 166 valence electrons. The first kappa shape index (κ1) is 20.9. The number of nitrogens with one attached hydrogen (secondary N) is 3. The van der Waals surface area contributed by atoms with E-state index in [0.29, 0.717) is 11.2 Å². The molecule has 0 radical (unpaired) electrons. The van der Waals surface area contributed by atoms with E-state index >= 15 is 0 Å². The van der Waals surface area contributed by atoms with Crippen LogP contribution in [0, 0.1) is 0 Å². The molecule has 9 heteroatoms. The van der Waals surface area contributed by atoms with Crippen molar-refractivity contribution < 1.29 is 4.79 Å². The fourth-order valence-corrected chi connectivity index (χ4v) is 4.35. The zero-order valence-electron chi connectivity index (χ0n) is 18.5. The van der Waals surface area contributed by atoms with Crippen LogP contribution in [0.3, 0.4) is 0 Å². The van der Waals surface area contributed by atoms with Crippen LogP contribution in [0.5, 0.6) is 0 Å². The van der Waals surface area contributed by atoms with Crippen molar-refractivity contribution in [2.75, 3.05) is 25.1 Å². The fourth-order valence-electron chi connectivity index (χ4n) is 3.83. The molecule has 0 saturated carbocycles. The van der Waals surface area contributed by atoms with Crippen LogP contribution in [-0.4, -0.2) is 62.2 Å². The van der Waals surface area contributed by atoms with Crippen molar-refractivity contribution in [1.82, 2.24) is 30.0 Å². The molecule has 1 atom stereocenters. The van der Waals surface area contributed by atoms with Gasteiger partial charge in [0.15, 0.2) is 5.65 Å². The second kappa shape index (κ2) is 8.18. The van der Waals surface area contributed by atoms with Crippen molar-refractivity contribution in [2.24, 2.45) is 0 Å². The van der Waals surface area contributed by atoms with Crippen LogP contribution in [0.2, 0.25) is 0 Å². The van der Waals surface area contributed by atoms with Gasteiger partial charge in [-0.15, -0.1) is 10.7 Å². The van der Waals surface area contributed by atoms with Crippen molar-refractivity contribution in [3.8, 4) is 22.5 Å². The van der Waals surface area contributed by atoms with Crippen LogP contribution in [0.25, 0.3) is 44.5 Å². The SMILES string of the molecule is C=S(C)Nc1cncc(-c2cnc3n[nH]c(-c4cc5c(C(=O)N(C)C)cccc5[nH]4)c3c2)c1. The molecule has 1 unspecified atom stereocenters. The highest BCUT2D eigenvalue weighted by Gasteiger charge is 2.17. The van der Waals surface area contributed by atoms with E-state index in [-0.39, 0.29) is 16.6 Å². The monoisotopic (exact) mass is 457 g/mol. The first-order valence-electron chi connectivity index (χ1n) is 10.3. The number of aromatic amines is 2. The minimum Gasteiger partial charge on any atom is -0.353 e. The lowest BCUT2D eigenvalue weighted by Gasteiger charge is -2.10. The number of H-pyrrole nitrogens is 2. The van der Waals surface area contributed by atoms with Gasteiger partial charge in [-0.2, -0.15) is 5.10 Å². The van der Waals surface area contributed by atoms with Crippen molar-refractivity contribution >= 4 is 50.1 Å². The molecule has 0 aliphatic carbocycles. The van der Waals surface area contributed by atoms with Gasteiger partial charge in [0.25, 0.3) is 5.91 Å². The van der Waals surface area contributed by atoms with Crippen LogP contribution in [0.4, 0.5) is 5.69 Å². The second-order valence-corrected chi connectivity index (χ2v) is 9.52. The van der Waals surface area contributed by atoms with E-state index in [1.807, 2.05) is 42.8 Å². The summed E-state index contributed by atoms with van der Waals surface area (Å²) in [5, 5.41) is 9.23. The summed E-state index contributed by atoms with van der Waals surface area (Å²) in [7, 11) is 3.31. The number of benzene rings is 1. The minimum absolute atomic E-state index is 0.0391. The van der Waals surface area contributed by atoms with E-state index in [1.165, 1.54) is 0 Å². The molecule has 8 nitrogen and oxygen atoms in total. The summed E-state index contributed by atoms with van der Waals surface area (Å²) in [5.41, 5.74) is 6.60. The summed E-state index contributed by atoms with van der Waals surface area (Å²) in [6, 6.07) is 11.7. The van der Waals surface area contributed by atoms with E-state index < -0.39 is 0 Å². The van der Waals surface area contributed by atoms with Crippen LogP contribution < -0.4 is 4.72 Å². The molecule has 5 rings (SSSR count). The zero-order chi connectivity index (χ0) is 23.1. The van der Waals surface area contributed by atoms with Crippen LogP contribution in [0.1, 0.15) is 10.4 Å². The summed E-state index contributed by atoms with van der Waals surface area (Å²) >= 11 is 0. The number of fused-ring (bicyclic) bond motifs is 2. The molecule has 1 aromatic carbocycles. The average Bonchev–Trinajstić information content (AvgIpc) is 3.41. The standard InChI is InChI=1S/C24H23N7OS/c1-31(2)24(32)17-6-5-7-20-18(17)10-21(27-20)22-19-9-15(12-26-23(19)29-28-22)14-8-16(13-25-11-14)30-33(3)4/h5-13,27,30H,3H2,1-2,4H3,(H,26,28,29). The lowest BCUT2D eigenvalue weighted by Crippen LogP contribution is -2.21. The number of carbonyl (C=O) groups is 1. The van der Waals surface area contributed by atoms with Crippen molar-refractivity contribution in [3.63, 3.8) is 0 Å². The molecule has 1 amide bonds. The third kappa shape index (κ3) is 3.87. The van der Waals surface area contributed by atoms with Gasteiger partial charge >= 0.3 is 0 Å². The van der Waals surface area contributed by atoms with Crippen molar-refractivity contribution in [2.45, 2.75) is 0 Å². The summed E-state index contributed by atoms with van der Waals surface area (Å²) < 4.78 is 3.30. The smallest absolute Gasteiger partial charge is 0.254 e. The first-order chi connectivity index (χ1) is 15.9. The highest BCUT2D eigenvalue weighted by Crippen LogP contribution is 2.32. The Kier molecular flexibility index (Phi) is 5.18. The number of carbonyl (C=O) groups excluding carboxylic acids is 1. The molecule has 4 heterocycles. The molecule has 5 aromatic rings. The predicted octanol–water partition coefficient (Wildman–Crippen LogP) is 4.53. The van der Waals surface area contributed by atoms with Gasteiger partial charge in [-0.05, 0) is 36.6 Å². The molecule has 33 heavy (non-hydrogen) atoms. The third-order valence-corrected chi connectivity index (χ3v) is 5.93. The quantitative estimate of drug-likeness (QED) is 0.337. The summed E-state index contributed by atoms with van der Waals surface area (Å²) in [6.07, 6.45) is 7.40. The Bertz CT molecular complexity index is 1530.